The molecule has 0 aliphatic heterocycles. The Kier molecular flexibility index (Phi) is 3.37. The maximum Gasteiger partial charge on any atom is 0.144 e. The van der Waals surface area contributed by atoms with E-state index in [0.29, 0.717) is 17.4 Å². The molecule has 1 aromatic heterocycles. The van der Waals surface area contributed by atoms with Gasteiger partial charge in [0.2, 0.25) is 0 Å². The van der Waals surface area contributed by atoms with E-state index in [1.807, 2.05) is 6.92 Å². The summed E-state index contributed by atoms with van der Waals surface area (Å²) in [5.74, 6) is 1.21. The van der Waals surface area contributed by atoms with Gasteiger partial charge in [-0.1, -0.05) is 6.92 Å². The summed E-state index contributed by atoms with van der Waals surface area (Å²) in [6.07, 6.45) is 2.68. The highest BCUT2D eigenvalue weighted by Crippen LogP contribution is 1.94. The van der Waals surface area contributed by atoms with E-state index in [2.05, 4.69) is 21.9 Å². The fourth-order valence-electron chi connectivity index (χ4n) is 0.912. The lowest BCUT2D eigenvalue weighted by Gasteiger charge is -1.99. The average molecular weight is 178 g/mol. The fraction of sp³-hybridized carbons (Fsp3) is 0.444. The molecule has 0 aromatic carbocycles. The first-order valence-corrected chi connectivity index (χ1v) is 4.34. The van der Waals surface area contributed by atoms with Crippen molar-refractivity contribution in [2.24, 2.45) is 10.7 Å². The second-order valence-corrected chi connectivity index (χ2v) is 2.76. The highest BCUT2D eigenvalue weighted by molar-refractivity contribution is 5.95. The van der Waals surface area contributed by atoms with Crippen LogP contribution in [0.3, 0.4) is 0 Å². The molecule has 0 saturated heterocycles. The zero-order valence-electron chi connectivity index (χ0n) is 7.99. The first-order chi connectivity index (χ1) is 6.24. The van der Waals surface area contributed by atoms with E-state index in [-0.39, 0.29) is 0 Å². The molecule has 0 amide bonds. The topological polar surface area (TPSA) is 64.2 Å². The second kappa shape index (κ2) is 4.54. The summed E-state index contributed by atoms with van der Waals surface area (Å²) in [4.78, 5) is 12.3. The molecular weight excluding hydrogens is 164 g/mol. The van der Waals surface area contributed by atoms with Crippen LogP contribution in [0.4, 0.5) is 0 Å². The van der Waals surface area contributed by atoms with Gasteiger partial charge in [0.1, 0.15) is 17.4 Å². The lowest BCUT2D eigenvalue weighted by molar-refractivity contribution is 0.926. The number of hydrogen-bond acceptors (Lipinski definition) is 3. The van der Waals surface area contributed by atoms with Gasteiger partial charge < -0.3 is 5.73 Å². The third kappa shape index (κ3) is 2.82. The van der Waals surface area contributed by atoms with E-state index in [0.717, 1.165) is 13.0 Å². The molecule has 70 valence electrons. The van der Waals surface area contributed by atoms with Gasteiger partial charge in [-0.25, -0.2) is 9.97 Å². The smallest absolute Gasteiger partial charge is 0.144 e. The number of hydrogen-bond donors (Lipinski definition) is 1. The molecule has 1 aromatic rings. The number of nitrogens with zero attached hydrogens (tertiary/aromatic N) is 3. The Balaban J connectivity index is 2.82. The van der Waals surface area contributed by atoms with Crippen molar-refractivity contribution in [2.45, 2.75) is 20.3 Å². The lowest BCUT2D eigenvalue weighted by atomic mass is 10.3. The summed E-state index contributed by atoms with van der Waals surface area (Å²) in [5, 5.41) is 0. The zero-order chi connectivity index (χ0) is 9.68. The molecule has 0 atom stereocenters. The monoisotopic (exact) mass is 178 g/mol. The van der Waals surface area contributed by atoms with Crippen molar-refractivity contribution in [1.29, 1.82) is 0 Å². The van der Waals surface area contributed by atoms with Crippen LogP contribution in [0, 0.1) is 6.92 Å². The van der Waals surface area contributed by atoms with E-state index >= 15 is 0 Å². The maximum atomic E-state index is 5.71. The Bertz CT molecular complexity index is 306. The largest absolute Gasteiger partial charge is 0.382 e. The average Bonchev–Trinajstić information content (AvgIpc) is 2.14. The van der Waals surface area contributed by atoms with E-state index in [4.69, 9.17) is 5.73 Å². The molecule has 1 heterocycles. The quantitative estimate of drug-likeness (QED) is 0.552. The van der Waals surface area contributed by atoms with Crippen LogP contribution in [0.25, 0.3) is 0 Å². The molecule has 0 spiro atoms. The molecule has 0 unspecified atom stereocenters. The zero-order valence-corrected chi connectivity index (χ0v) is 7.99. The van der Waals surface area contributed by atoms with Gasteiger partial charge in [-0.05, 0) is 19.4 Å². The van der Waals surface area contributed by atoms with E-state index in [9.17, 15) is 0 Å². The Morgan fingerprint density at radius 2 is 2.38 bits per heavy atom. The lowest BCUT2D eigenvalue weighted by Crippen LogP contribution is -2.16. The van der Waals surface area contributed by atoms with Crippen LogP contribution in [-0.2, 0) is 0 Å². The molecular formula is C9H14N4. The Hall–Kier alpha value is -1.45. The van der Waals surface area contributed by atoms with Crippen LogP contribution in [-0.4, -0.2) is 22.3 Å². The van der Waals surface area contributed by atoms with Gasteiger partial charge >= 0.3 is 0 Å². The van der Waals surface area contributed by atoms with E-state index in [1.54, 1.807) is 12.3 Å². The van der Waals surface area contributed by atoms with Crippen LogP contribution in [0.15, 0.2) is 17.3 Å². The van der Waals surface area contributed by atoms with Crippen LogP contribution in [0.5, 0.6) is 0 Å². The van der Waals surface area contributed by atoms with Crippen molar-refractivity contribution >= 4 is 5.84 Å². The van der Waals surface area contributed by atoms with Gasteiger partial charge in [0, 0.05) is 12.7 Å². The van der Waals surface area contributed by atoms with Crippen LogP contribution in [0.1, 0.15) is 24.9 Å². The van der Waals surface area contributed by atoms with Gasteiger partial charge in [-0.2, -0.15) is 0 Å². The number of amidine groups is 1. The van der Waals surface area contributed by atoms with E-state index < -0.39 is 0 Å². The van der Waals surface area contributed by atoms with E-state index in [1.165, 1.54) is 0 Å². The Morgan fingerprint density at radius 1 is 1.62 bits per heavy atom. The highest BCUT2D eigenvalue weighted by atomic mass is 14.9. The molecule has 0 fully saturated rings. The number of aryl methyl sites for hydroxylation is 1. The van der Waals surface area contributed by atoms with Gasteiger partial charge in [0.05, 0.1) is 0 Å². The molecule has 13 heavy (non-hydrogen) atoms. The second-order valence-electron chi connectivity index (χ2n) is 2.76. The van der Waals surface area contributed by atoms with Crippen LogP contribution < -0.4 is 5.73 Å². The number of aromatic nitrogens is 2. The maximum absolute atomic E-state index is 5.71. The molecule has 0 aliphatic rings. The normalized spacial score (nSPS) is 11.7. The molecule has 1 rings (SSSR count). The summed E-state index contributed by atoms with van der Waals surface area (Å²) in [6, 6.07) is 1.77. The minimum absolute atomic E-state index is 0.493. The third-order valence-electron chi connectivity index (χ3n) is 1.54. The molecule has 0 radical (unpaired) electrons. The summed E-state index contributed by atoms with van der Waals surface area (Å²) in [5.41, 5.74) is 6.42. The summed E-state index contributed by atoms with van der Waals surface area (Å²) < 4.78 is 0. The molecule has 0 saturated carbocycles. The van der Waals surface area contributed by atoms with Gasteiger partial charge in [0.15, 0.2) is 0 Å². The first-order valence-electron chi connectivity index (χ1n) is 4.34. The fourth-order valence-corrected chi connectivity index (χ4v) is 0.912. The predicted octanol–water partition coefficient (Wildman–Crippen LogP) is 0.900. The van der Waals surface area contributed by atoms with Gasteiger partial charge in [-0.15, -0.1) is 0 Å². The standard InChI is InChI=1S/C9H14N4/c1-3-5-12-9(10)8-4-6-11-7(2)13-8/h4,6H,3,5H2,1-2H3,(H2,10,12). The third-order valence-corrected chi connectivity index (χ3v) is 1.54. The van der Waals surface area contributed by atoms with Crippen molar-refractivity contribution in [2.75, 3.05) is 6.54 Å². The SMILES string of the molecule is CCCN=C(N)c1ccnc(C)n1. The highest BCUT2D eigenvalue weighted by Gasteiger charge is 1.99. The van der Waals surface area contributed by atoms with Crippen molar-refractivity contribution in [3.05, 3.63) is 23.8 Å². The Morgan fingerprint density at radius 3 is 3.00 bits per heavy atom. The predicted molar refractivity (Wildman–Crippen MR) is 52.7 cm³/mol. The summed E-state index contributed by atoms with van der Waals surface area (Å²) in [7, 11) is 0. The van der Waals surface area contributed by atoms with Gasteiger partial charge in [0.25, 0.3) is 0 Å². The molecule has 2 N–H and O–H groups in total. The van der Waals surface area contributed by atoms with Crippen molar-refractivity contribution in [3.63, 3.8) is 0 Å². The minimum Gasteiger partial charge on any atom is -0.382 e. The molecule has 0 aliphatic carbocycles. The van der Waals surface area contributed by atoms with Crippen LogP contribution in [0.2, 0.25) is 0 Å². The Labute approximate surface area is 77.9 Å². The molecule has 0 bridgehead atoms. The molecule has 4 nitrogen and oxygen atoms in total. The molecule has 4 heteroatoms. The van der Waals surface area contributed by atoms with Crippen molar-refractivity contribution in [1.82, 2.24) is 9.97 Å². The summed E-state index contributed by atoms with van der Waals surface area (Å²) in [6.45, 7) is 4.63. The minimum atomic E-state index is 0.493. The number of rotatable bonds is 3. The number of nitrogens with two attached hydrogens (primary N) is 1. The van der Waals surface area contributed by atoms with Crippen molar-refractivity contribution < 1.29 is 0 Å². The van der Waals surface area contributed by atoms with Gasteiger partial charge in [-0.3, -0.25) is 4.99 Å². The summed E-state index contributed by atoms with van der Waals surface area (Å²) >= 11 is 0. The first kappa shape index (κ1) is 9.64. The van der Waals surface area contributed by atoms with Crippen LogP contribution >= 0.6 is 0 Å². The number of aliphatic imine (C=N–C) groups is 1. The van der Waals surface area contributed by atoms with Crippen molar-refractivity contribution in [3.8, 4) is 0 Å².